The summed E-state index contributed by atoms with van der Waals surface area (Å²) >= 11 is 0. The van der Waals surface area contributed by atoms with Crippen molar-refractivity contribution in [2.24, 2.45) is 0 Å². The Balaban J connectivity index is 4.53. The standard InChI is InChI=1S/C15H36O2Si3/c1-9-10-11-12-13-14-15-20(8,16-18(2,3)4)17-19(5,6)7/h13-14H,9-12,15H2,1-8H3. The summed E-state index contributed by atoms with van der Waals surface area (Å²) in [5, 5.41) is 0. The molecule has 0 unspecified atom stereocenters. The lowest BCUT2D eigenvalue weighted by Gasteiger charge is -2.38. The molecule has 0 saturated heterocycles. The topological polar surface area (TPSA) is 18.5 Å². The molecule has 0 aromatic heterocycles. The molecular weight excluding hydrogens is 296 g/mol. The molecule has 5 heteroatoms. The van der Waals surface area contributed by atoms with Gasteiger partial charge in [0, 0.05) is 6.04 Å². The van der Waals surface area contributed by atoms with E-state index in [-0.39, 0.29) is 0 Å². The molecule has 0 aliphatic heterocycles. The zero-order valence-electron chi connectivity index (χ0n) is 15.0. The van der Waals surface area contributed by atoms with Gasteiger partial charge in [0.25, 0.3) is 0 Å². The number of unbranched alkanes of at least 4 members (excludes halogenated alkanes) is 3. The van der Waals surface area contributed by atoms with Crippen LogP contribution in [0.4, 0.5) is 0 Å². The maximum atomic E-state index is 6.47. The highest BCUT2D eigenvalue weighted by atomic mass is 28.5. The van der Waals surface area contributed by atoms with Crippen LogP contribution in [0.5, 0.6) is 0 Å². The van der Waals surface area contributed by atoms with Gasteiger partial charge in [-0.15, -0.1) is 0 Å². The lowest BCUT2D eigenvalue weighted by atomic mass is 10.2. The molecule has 0 aliphatic carbocycles. The molecule has 0 saturated carbocycles. The highest BCUT2D eigenvalue weighted by molar-refractivity contribution is 6.87. The zero-order chi connectivity index (χ0) is 15.9. The maximum Gasteiger partial charge on any atom is 0.318 e. The summed E-state index contributed by atoms with van der Waals surface area (Å²) in [5.41, 5.74) is 0. The van der Waals surface area contributed by atoms with Crippen LogP contribution in [-0.2, 0) is 8.23 Å². The molecule has 0 heterocycles. The largest absolute Gasteiger partial charge is 0.436 e. The fourth-order valence-electron chi connectivity index (χ4n) is 2.33. The van der Waals surface area contributed by atoms with Crippen LogP contribution in [0.1, 0.15) is 32.6 Å². The fourth-order valence-corrected chi connectivity index (χ4v) is 14.5. The van der Waals surface area contributed by atoms with Crippen LogP contribution < -0.4 is 0 Å². The molecule has 0 spiro atoms. The Morgan fingerprint density at radius 3 is 1.65 bits per heavy atom. The van der Waals surface area contributed by atoms with Crippen molar-refractivity contribution in [1.29, 1.82) is 0 Å². The average molecular weight is 333 g/mol. The molecule has 0 bridgehead atoms. The Labute approximate surface area is 130 Å². The summed E-state index contributed by atoms with van der Waals surface area (Å²) in [6.45, 7) is 18.1. The molecule has 0 fully saturated rings. The van der Waals surface area contributed by atoms with E-state index < -0.39 is 25.2 Å². The summed E-state index contributed by atoms with van der Waals surface area (Å²) < 4.78 is 12.9. The second-order valence-electron chi connectivity index (χ2n) is 7.73. The Hall–Kier alpha value is 0.311. The smallest absolute Gasteiger partial charge is 0.318 e. The Bertz CT molecular complexity index is 274. The maximum absolute atomic E-state index is 6.47. The van der Waals surface area contributed by atoms with E-state index in [1.807, 2.05) is 0 Å². The van der Waals surface area contributed by atoms with Crippen molar-refractivity contribution in [2.45, 2.75) is 84.5 Å². The van der Waals surface area contributed by atoms with Gasteiger partial charge in [-0.3, -0.25) is 0 Å². The first-order valence-corrected chi connectivity index (χ1v) is 17.4. The van der Waals surface area contributed by atoms with E-state index in [4.69, 9.17) is 8.23 Å². The first-order chi connectivity index (χ1) is 8.97. The first-order valence-electron chi connectivity index (χ1n) is 8.03. The summed E-state index contributed by atoms with van der Waals surface area (Å²) in [7, 11) is -5.15. The molecule has 120 valence electrons. The summed E-state index contributed by atoms with van der Waals surface area (Å²) in [5.74, 6) is 0. The van der Waals surface area contributed by atoms with Gasteiger partial charge in [0.15, 0.2) is 16.6 Å². The number of hydrogen-bond acceptors (Lipinski definition) is 2. The molecule has 0 radical (unpaired) electrons. The van der Waals surface area contributed by atoms with Crippen LogP contribution >= 0.6 is 0 Å². The highest BCUT2D eigenvalue weighted by Gasteiger charge is 2.39. The minimum atomic E-state index is -2.05. The minimum Gasteiger partial charge on any atom is -0.436 e. The van der Waals surface area contributed by atoms with Crippen molar-refractivity contribution in [1.82, 2.24) is 0 Å². The molecule has 0 rings (SSSR count). The van der Waals surface area contributed by atoms with E-state index in [2.05, 4.69) is 64.9 Å². The lowest BCUT2D eigenvalue weighted by Crippen LogP contribution is -2.52. The SMILES string of the molecule is CCCCCC=CC[Si](C)(O[Si](C)(C)C)O[Si](C)(C)C. The quantitative estimate of drug-likeness (QED) is 0.282. The Morgan fingerprint density at radius 1 is 0.750 bits per heavy atom. The molecular formula is C15H36O2Si3. The van der Waals surface area contributed by atoms with Crippen LogP contribution in [0.2, 0.25) is 51.9 Å². The van der Waals surface area contributed by atoms with Gasteiger partial charge in [0.05, 0.1) is 0 Å². The minimum absolute atomic E-state index is 0.994. The monoisotopic (exact) mass is 332 g/mol. The van der Waals surface area contributed by atoms with Crippen LogP contribution in [-0.4, -0.2) is 25.2 Å². The van der Waals surface area contributed by atoms with Gasteiger partial charge in [-0.25, -0.2) is 0 Å². The van der Waals surface area contributed by atoms with Crippen molar-refractivity contribution in [3.8, 4) is 0 Å². The molecule has 0 aliphatic rings. The van der Waals surface area contributed by atoms with Crippen LogP contribution in [0.15, 0.2) is 12.2 Å². The second-order valence-corrected chi connectivity index (χ2v) is 20.5. The van der Waals surface area contributed by atoms with Crippen molar-refractivity contribution in [2.75, 3.05) is 0 Å². The van der Waals surface area contributed by atoms with E-state index in [0.717, 1.165) is 6.04 Å². The second kappa shape index (κ2) is 8.68. The van der Waals surface area contributed by atoms with Gasteiger partial charge in [0.2, 0.25) is 0 Å². The highest BCUT2D eigenvalue weighted by Crippen LogP contribution is 2.24. The Kier molecular flexibility index (Phi) is 8.82. The fraction of sp³-hybridized carbons (Fsp3) is 0.867. The molecule has 2 nitrogen and oxygen atoms in total. The van der Waals surface area contributed by atoms with Gasteiger partial charge in [-0.05, 0) is 58.7 Å². The van der Waals surface area contributed by atoms with E-state index in [1.54, 1.807) is 0 Å². The van der Waals surface area contributed by atoms with E-state index in [0.29, 0.717) is 0 Å². The third kappa shape index (κ3) is 12.1. The van der Waals surface area contributed by atoms with Crippen molar-refractivity contribution < 1.29 is 8.23 Å². The van der Waals surface area contributed by atoms with Crippen LogP contribution in [0.3, 0.4) is 0 Å². The van der Waals surface area contributed by atoms with Crippen LogP contribution in [0, 0.1) is 0 Å². The molecule has 0 aromatic rings. The third-order valence-corrected chi connectivity index (χ3v) is 12.0. The van der Waals surface area contributed by atoms with E-state index in [1.165, 1.54) is 25.7 Å². The van der Waals surface area contributed by atoms with E-state index >= 15 is 0 Å². The van der Waals surface area contributed by atoms with Crippen LogP contribution in [0.25, 0.3) is 0 Å². The van der Waals surface area contributed by atoms with Gasteiger partial charge in [-0.1, -0.05) is 31.9 Å². The molecule has 20 heavy (non-hydrogen) atoms. The van der Waals surface area contributed by atoms with Gasteiger partial charge >= 0.3 is 8.56 Å². The molecule has 0 amide bonds. The normalized spacial score (nSPS) is 14.2. The van der Waals surface area contributed by atoms with Crippen molar-refractivity contribution >= 4 is 25.2 Å². The van der Waals surface area contributed by atoms with Gasteiger partial charge in [-0.2, -0.15) is 0 Å². The molecule has 0 aromatic carbocycles. The third-order valence-electron chi connectivity index (χ3n) is 2.67. The van der Waals surface area contributed by atoms with Crippen molar-refractivity contribution in [3.63, 3.8) is 0 Å². The molecule has 0 atom stereocenters. The van der Waals surface area contributed by atoms with Crippen molar-refractivity contribution in [3.05, 3.63) is 12.2 Å². The predicted octanol–water partition coefficient (Wildman–Crippen LogP) is 5.90. The predicted molar refractivity (Wildman–Crippen MR) is 98.6 cm³/mol. The van der Waals surface area contributed by atoms with Gasteiger partial charge in [0.1, 0.15) is 0 Å². The van der Waals surface area contributed by atoms with Gasteiger partial charge < -0.3 is 8.23 Å². The summed E-state index contributed by atoms with van der Waals surface area (Å²) in [6.07, 6.45) is 9.74. The zero-order valence-corrected chi connectivity index (χ0v) is 18.0. The summed E-state index contributed by atoms with van der Waals surface area (Å²) in [6, 6.07) is 0.994. The number of hydrogen-bond donors (Lipinski definition) is 0. The summed E-state index contributed by atoms with van der Waals surface area (Å²) in [4.78, 5) is 0. The van der Waals surface area contributed by atoms with E-state index in [9.17, 15) is 0 Å². The number of allylic oxidation sites excluding steroid dienone is 2. The first kappa shape index (κ1) is 20.3. The average Bonchev–Trinajstić information content (AvgIpc) is 2.17. The number of rotatable bonds is 10. The molecule has 0 N–H and O–H groups in total. The lowest BCUT2D eigenvalue weighted by molar-refractivity contribution is 0.389. The Morgan fingerprint density at radius 2 is 1.25 bits per heavy atom.